The van der Waals surface area contributed by atoms with Crippen LogP contribution in [0, 0.1) is 11.6 Å². The number of halogens is 2. The van der Waals surface area contributed by atoms with Crippen LogP contribution < -0.4 is 16.1 Å². The first-order valence-electron chi connectivity index (χ1n) is 10.1. The molecule has 1 saturated heterocycles. The van der Waals surface area contributed by atoms with Crippen LogP contribution in [0.15, 0.2) is 17.1 Å². The number of morpholine rings is 1. The van der Waals surface area contributed by atoms with Gasteiger partial charge in [-0.15, -0.1) is 0 Å². The Hall–Kier alpha value is -2.52. The summed E-state index contributed by atoms with van der Waals surface area (Å²) in [5.41, 5.74) is 4.02. The molecule has 7 nitrogen and oxygen atoms in total. The molecule has 164 valence electrons. The van der Waals surface area contributed by atoms with Crippen molar-refractivity contribution < 1.29 is 23.4 Å². The quantitative estimate of drug-likeness (QED) is 0.742. The molecule has 0 amide bonds. The molecule has 1 aromatic carbocycles. The van der Waals surface area contributed by atoms with Gasteiger partial charge in [0.2, 0.25) is 5.43 Å². The highest BCUT2D eigenvalue weighted by Gasteiger charge is 2.37. The fourth-order valence-electron chi connectivity index (χ4n) is 4.07. The lowest BCUT2D eigenvalue weighted by atomic mass is 9.86. The van der Waals surface area contributed by atoms with Crippen LogP contribution in [0.25, 0.3) is 10.9 Å². The zero-order valence-electron chi connectivity index (χ0n) is 17.4. The summed E-state index contributed by atoms with van der Waals surface area (Å²) in [5.74, 6) is -3.25. The molecule has 1 atom stereocenters. The molecule has 0 spiro atoms. The zero-order valence-corrected chi connectivity index (χ0v) is 17.4. The van der Waals surface area contributed by atoms with Crippen molar-refractivity contribution in [3.8, 4) is 0 Å². The molecule has 3 rings (SSSR count). The number of pyridine rings is 1. The average molecular weight is 423 g/mol. The fourth-order valence-corrected chi connectivity index (χ4v) is 4.07. The van der Waals surface area contributed by atoms with E-state index in [9.17, 15) is 14.7 Å². The number of nitrogens with two attached hydrogens (primary N) is 1. The Kier molecular flexibility index (Phi) is 6.14. The maximum Gasteiger partial charge on any atom is 0.341 e. The minimum Gasteiger partial charge on any atom is -0.477 e. The van der Waals surface area contributed by atoms with Gasteiger partial charge in [0.05, 0.1) is 23.6 Å². The molecule has 0 radical (unpaired) electrons. The second kappa shape index (κ2) is 8.31. The topological polar surface area (TPSA) is 97.8 Å². The number of rotatable bonds is 6. The minimum atomic E-state index is -1.44. The third-order valence-electron chi connectivity index (χ3n) is 6.14. The summed E-state index contributed by atoms with van der Waals surface area (Å²) >= 11 is 0. The van der Waals surface area contributed by atoms with Gasteiger partial charge in [0.15, 0.2) is 5.82 Å². The Bertz CT molecular complexity index is 1030. The van der Waals surface area contributed by atoms with E-state index in [-0.39, 0.29) is 42.8 Å². The first-order valence-corrected chi connectivity index (χ1v) is 10.1. The molecule has 1 aliphatic rings. The fraction of sp³-hybridized carbons (Fsp3) is 0.524. The summed E-state index contributed by atoms with van der Waals surface area (Å²) in [6.45, 7) is 6.53. The van der Waals surface area contributed by atoms with E-state index in [0.29, 0.717) is 12.8 Å². The molecule has 1 unspecified atom stereocenters. The molecule has 0 aliphatic carbocycles. The number of ether oxygens (including phenoxy) is 1. The van der Waals surface area contributed by atoms with Crippen molar-refractivity contribution in [2.24, 2.45) is 5.73 Å². The van der Waals surface area contributed by atoms with Gasteiger partial charge in [-0.1, -0.05) is 13.8 Å². The van der Waals surface area contributed by atoms with Gasteiger partial charge >= 0.3 is 5.97 Å². The number of carboxylic acids is 1. The molecule has 0 saturated carbocycles. The van der Waals surface area contributed by atoms with Crippen LogP contribution in [0.5, 0.6) is 0 Å². The van der Waals surface area contributed by atoms with Crippen molar-refractivity contribution in [1.82, 2.24) is 4.57 Å². The summed E-state index contributed by atoms with van der Waals surface area (Å²) in [4.78, 5) is 25.4. The van der Waals surface area contributed by atoms with Gasteiger partial charge in [-0.05, 0) is 25.8 Å². The number of aromatic carboxylic acids is 1. The third kappa shape index (κ3) is 3.56. The smallest absolute Gasteiger partial charge is 0.341 e. The lowest BCUT2D eigenvalue weighted by Crippen LogP contribution is -2.59. The third-order valence-corrected chi connectivity index (χ3v) is 6.14. The highest BCUT2D eigenvalue weighted by atomic mass is 19.1. The van der Waals surface area contributed by atoms with Crippen molar-refractivity contribution >= 4 is 22.6 Å². The standard InChI is InChI=1S/C21H27F2N3O4/c1-4-21(24,5-2)15-11-26(7-8-30-15)18-14(22)9-12-17(16(18)23)25(6-3)10-13(19(12)27)20(28)29/h9-10,15H,4-8,11,24H2,1-3H3,(H,28,29). The number of aryl methyl sites for hydroxylation is 1. The van der Waals surface area contributed by atoms with Gasteiger partial charge in [0.1, 0.15) is 17.1 Å². The lowest BCUT2D eigenvalue weighted by Gasteiger charge is -2.43. The number of aromatic nitrogens is 1. The normalized spacial score (nSPS) is 17.5. The number of fused-ring (bicyclic) bond motifs is 1. The maximum atomic E-state index is 15.6. The van der Waals surface area contributed by atoms with E-state index < -0.39 is 40.2 Å². The number of nitrogens with zero attached hydrogens (tertiary/aromatic N) is 2. The first-order chi connectivity index (χ1) is 14.2. The lowest BCUT2D eigenvalue weighted by molar-refractivity contribution is -0.0147. The van der Waals surface area contributed by atoms with E-state index >= 15 is 8.78 Å². The predicted octanol–water partition coefficient (Wildman–Crippen LogP) is 2.72. The summed E-state index contributed by atoms with van der Waals surface area (Å²) in [7, 11) is 0. The maximum absolute atomic E-state index is 15.6. The van der Waals surface area contributed by atoms with Crippen LogP contribution in [-0.4, -0.2) is 47.0 Å². The van der Waals surface area contributed by atoms with Crippen molar-refractivity contribution in [3.05, 3.63) is 39.7 Å². The van der Waals surface area contributed by atoms with Gasteiger partial charge in [0, 0.05) is 31.4 Å². The van der Waals surface area contributed by atoms with Crippen molar-refractivity contribution in [1.29, 1.82) is 0 Å². The molecule has 0 bridgehead atoms. The molecule has 2 heterocycles. The van der Waals surface area contributed by atoms with E-state index in [4.69, 9.17) is 10.5 Å². The van der Waals surface area contributed by atoms with Gasteiger partial charge in [-0.25, -0.2) is 13.6 Å². The number of carbonyl (C=O) groups is 1. The molecule has 1 aromatic heterocycles. The number of hydrogen-bond donors (Lipinski definition) is 2. The average Bonchev–Trinajstić information content (AvgIpc) is 2.73. The molecule has 1 aliphatic heterocycles. The van der Waals surface area contributed by atoms with E-state index in [0.717, 1.165) is 12.3 Å². The van der Waals surface area contributed by atoms with E-state index in [1.807, 2.05) is 13.8 Å². The van der Waals surface area contributed by atoms with Crippen LogP contribution in [0.2, 0.25) is 0 Å². The molecule has 3 N–H and O–H groups in total. The van der Waals surface area contributed by atoms with E-state index in [1.54, 1.807) is 11.8 Å². The molecule has 30 heavy (non-hydrogen) atoms. The van der Waals surface area contributed by atoms with Gasteiger partial charge in [0.25, 0.3) is 0 Å². The summed E-state index contributed by atoms with van der Waals surface area (Å²) in [5, 5.41) is 8.96. The van der Waals surface area contributed by atoms with Crippen LogP contribution in [0.4, 0.5) is 14.5 Å². The van der Waals surface area contributed by atoms with Crippen LogP contribution in [-0.2, 0) is 11.3 Å². The zero-order chi connectivity index (χ0) is 22.2. The largest absolute Gasteiger partial charge is 0.477 e. The van der Waals surface area contributed by atoms with Crippen molar-refractivity contribution in [2.75, 3.05) is 24.6 Å². The van der Waals surface area contributed by atoms with Crippen molar-refractivity contribution in [2.45, 2.75) is 51.8 Å². The second-order valence-corrected chi connectivity index (χ2v) is 7.63. The highest BCUT2D eigenvalue weighted by molar-refractivity contribution is 5.93. The van der Waals surface area contributed by atoms with Crippen molar-refractivity contribution in [3.63, 3.8) is 0 Å². The molecule has 1 fully saturated rings. The van der Waals surface area contributed by atoms with E-state index in [1.165, 1.54) is 4.57 Å². The highest BCUT2D eigenvalue weighted by Crippen LogP contribution is 2.33. The van der Waals surface area contributed by atoms with E-state index in [2.05, 4.69) is 0 Å². The molecule has 9 heteroatoms. The Morgan fingerprint density at radius 2 is 2.00 bits per heavy atom. The summed E-state index contributed by atoms with van der Waals surface area (Å²) < 4.78 is 37.8. The second-order valence-electron chi connectivity index (χ2n) is 7.63. The van der Waals surface area contributed by atoms with Crippen LogP contribution in [0.3, 0.4) is 0 Å². The van der Waals surface area contributed by atoms with Gasteiger partial charge < -0.3 is 25.0 Å². The summed E-state index contributed by atoms with van der Waals surface area (Å²) in [6.07, 6.45) is 1.99. The first kappa shape index (κ1) is 22.2. The SMILES string of the molecule is CCn1cc(C(=O)O)c(=O)c2cc(F)c(N3CCOC(C(N)(CC)CC)C3)c(F)c21. The van der Waals surface area contributed by atoms with Crippen LogP contribution in [0.1, 0.15) is 44.0 Å². The number of carboxylic acid groups (broad SMARTS) is 1. The number of benzene rings is 1. The summed E-state index contributed by atoms with van der Waals surface area (Å²) in [6, 6.07) is 0.925. The molecule has 2 aromatic rings. The number of anilines is 1. The number of hydrogen-bond acceptors (Lipinski definition) is 5. The molecular formula is C21H27F2N3O4. The van der Waals surface area contributed by atoms with Gasteiger partial charge in [-0.3, -0.25) is 4.79 Å². The Morgan fingerprint density at radius 1 is 1.33 bits per heavy atom. The van der Waals surface area contributed by atoms with Gasteiger partial charge in [-0.2, -0.15) is 0 Å². The Labute approximate surface area is 173 Å². The Balaban J connectivity index is 2.17. The predicted molar refractivity (Wildman–Crippen MR) is 110 cm³/mol. The Morgan fingerprint density at radius 3 is 2.57 bits per heavy atom. The minimum absolute atomic E-state index is 0.114. The monoisotopic (exact) mass is 423 g/mol. The molecular weight excluding hydrogens is 396 g/mol. The van der Waals surface area contributed by atoms with Crippen LogP contribution >= 0.6 is 0 Å².